The van der Waals surface area contributed by atoms with Crippen LogP contribution in [0.3, 0.4) is 0 Å². The predicted molar refractivity (Wildman–Crippen MR) is 90.2 cm³/mol. The molecule has 1 aromatic carbocycles. The van der Waals surface area contributed by atoms with Gasteiger partial charge in [0, 0.05) is 23.7 Å². The van der Waals surface area contributed by atoms with E-state index in [1.54, 1.807) is 0 Å². The van der Waals surface area contributed by atoms with Crippen molar-refractivity contribution in [3.63, 3.8) is 0 Å². The molecule has 3 heteroatoms. The fourth-order valence-electron chi connectivity index (χ4n) is 2.60. The second-order valence-electron chi connectivity index (χ2n) is 6.37. The number of nitrogens with zero attached hydrogens (tertiary/aromatic N) is 2. The average Bonchev–Trinajstić information content (AvgIpc) is 2.44. The highest BCUT2D eigenvalue weighted by Gasteiger charge is 2.10. The Kier molecular flexibility index (Phi) is 5.32. The molecule has 2 aromatic rings. The van der Waals surface area contributed by atoms with Gasteiger partial charge in [0.2, 0.25) is 0 Å². The Balaban J connectivity index is 2.09. The molecule has 0 aliphatic heterocycles. The lowest BCUT2D eigenvalue weighted by atomic mass is 10.0. The van der Waals surface area contributed by atoms with Crippen molar-refractivity contribution in [1.29, 1.82) is 0 Å². The number of rotatable bonds is 6. The summed E-state index contributed by atoms with van der Waals surface area (Å²) in [5, 5.41) is 1.25. The van der Waals surface area contributed by atoms with Crippen LogP contribution in [-0.4, -0.2) is 29.5 Å². The van der Waals surface area contributed by atoms with Gasteiger partial charge in [-0.15, -0.1) is 0 Å². The van der Waals surface area contributed by atoms with Crippen LogP contribution >= 0.6 is 0 Å². The number of para-hydroxylation sites is 1. The Bertz CT molecular complexity index is 592. The number of aryl methyl sites for hydroxylation is 1. The maximum atomic E-state index is 6.14. The summed E-state index contributed by atoms with van der Waals surface area (Å²) in [6.45, 7) is 8.39. The average molecular weight is 285 g/mol. The van der Waals surface area contributed by atoms with Crippen LogP contribution in [0.2, 0.25) is 0 Å². The Morgan fingerprint density at radius 1 is 1.24 bits per heavy atom. The second-order valence-corrected chi connectivity index (χ2v) is 6.37. The van der Waals surface area contributed by atoms with E-state index in [9.17, 15) is 0 Å². The van der Waals surface area contributed by atoms with Gasteiger partial charge in [-0.05, 0) is 50.6 Å². The molecule has 0 amide bonds. The molecule has 2 rings (SSSR count). The van der Waals surface area contributed by atoms with E-state index in [2.05, 4.69) is 62.0 Å². The zero-order chi connectivity index (χ0) is 15.4. The van der Waals surface area contributed by atoms with Crippen LogP contribution in [0.5, 0.6) is 0 Å². The Morgan fingerprint density at radius 2 is 1.95 bits per heavy atom. The van der Waals surface area contributed by atoms with E-state index in [1.807, 2.05) is 6.07 Å². The summed E-state index contributed by atoms with van der Waals surface area (Å²) in [6.07, 6.45) is 1.04. The van der Waals surface area contributed by atoms with Crippen LogP contribution in [0.4, 0.5) is 0 Å². The molecule has 0 bridgehead atoms. The third-order valence-corrected chi connectivity index (χ3v) is 4.07. The van der Waals surface area contributed by atoms with Crippen LogP contribution in [0.25, 0.3) is 10.9 Å². The van der Waals surface area contributed by atoms with E-state index in [4.69, 9.17) is 5.73 Å². The lowest BCUT2D eigenvalue weighted by Crippen LogP contribution is -2.31. The largest absolute Gasteiger partial charge is 0.327 e. The molecule has 1 heterocycles. The predicted octanol–water partition coefficient (Wildman–Crippen LogP) is 3.35. The van der Waals surface area contributed by atoms with Crippen molar-refractivity contribution in [2.45, 2.75) is 39.8 Å². The van der Waals surface area contributed by atoms with Gasteiger partial charge in [0.05, 0.1) is 5.52 Å². The third-order valence-electron chi connectivity index (χ3n) is 4.07. The molecular formula is C18H27N3. The lowest BCUT2D eigenvalue weighted by Gasteiger charge is -2.22. The maximum Gasteiger partial charge on any atom is 0.0708 e. The summed E-state index contributed by atoms with van der Waals surface area (Å²) >= 11 is 0. The molecule has 0 spiro atoms. The van der Waals surface area contributed by atoms with Gasteiger partial charge in [0.15, 0.2) is 0 Å². The fraction of sp³-hybridized carbons (Fsp3) is 0.500. The normalized spacial score (nSPS) is 13.3. The Morgan fingerprint density at radius 3 is 2.67 bits per heavy atom. The summed E-state index contributed by atoms with van der Waals surface area (Å²) in [6, 6.07) is 10.8. The molecular weight excluding hydrogens is 258 g/mol. The van der Waals surface area contributed by atoms with Crippen molar-refractivity contribution in [1.82, 2.24) is 9.88 Å². The van der Waals surface area contributed by atoms with Gasteiger partial charge in [0.1, 0.15) is 0 Å². The monoisotopic (exact) mass is 285 g/mol. The highest BCUT2D eigenvalue weighted by molar-refractivity contribution is 5.82. The zero-order valence-corrected chi connectivity index (χ0v) is 13.6. The summed E-state index contributed by atoms with van der Waals surface area (Å²) < 4.78 is 0. The van der Waals surface area contributed by atoms with Gasteiger partial charge in [-0.25, -0.2) is 0 Å². The van der Waals surface area contributed by atoms with Crippen molar-refractivity contribution in [2.24, 2.45) is 11.7 Å². The Labute approximate surface area is 128 Å². The van der Waals surface area contributed by atoms with Gasteiger partial charge in [0.25, 0.3) is 0 Å². The summed E-state index contributed by atoms with van der Waals surface area (Å²) in [5.74, 6) is 0.544. The molecule has 0 saturated heterocycles. The zero-order valence-electron chi connectivity index (χ0n) is 13.6. The van der Waals surface area contributed by atoms with Crippen LogP contribution in [0.1, 0.15) is 31.5 Å². The second kappa shape index (κ2) is 7.01. The highest BCUT2D eigenvalue weighted by Crippen LogP contribution is 2.19. The first-order valence-corrected chi connectivity index (χ1v) is 7.76. The number of pyridine rings is 1. The fourth-order valence-corrected chi connectivity index (χ4v) is 2.60. The van der Waals surface area contributed by atoms with E-state index < -0.39 is 0 Å². The molecule has 0 saturated carbocycles. The minimum Gasteiger partial charge on any atom is -0.327 e. The van der Waals surface area contributed by atoms with E-state index in [0.29, 0.717) is 5.92 Å². The lowest BCUT2D eigenvalue weighted by molar-refractivity contribution is 0.297. The first-order valence-electron chi connectivity index (χ1n) is 7.76. The third kappa shape index (κ3) is 4.26. The molecule has 0 radical (unpaired) electrons. The molecule has 114 valence electrons. The molecule has 0 aliphatic rings. The van der Waals surface area contributed by atoms with Gasteiger partial charge in [-0.1, -0.05) is 32.0 Å². The number of hydrogen-bond donors (Lipinski definition) is 1. The van der Waals surface area contributed by atoms with E-state index in [0.717, 1.165) is 30.7 Å². The molecule has 3 nitrogen and oxygen atoms in total. The van der Waals surface area contributed by atoms with Gasteiger partial charge >= 0.3 is 0 Å². The van der Waals surface area contributed by atoms with Crippen molar-refractivity contribution in [3.8, 4) is 0 Å². The number of hydrogen-bond acceptors (Lipinski definition) is 3. The Hall–Kier alpha value is -1.45. The number of fused-ring (bicyclic) bond motifs is 1. The van der Waals surface area contributed by atoms with Crippen molar-refractivity contribution in [3.05, 3.63) is 41.6 Å². The number of nitrogens with two attached hydrogens (primary N) is 1. The van der Waals surface area contributed by atoms with E-state index in [-0.39, 0.29) is 6.04 Å². The van der Waals surface area contributed by atoms with Gasteiger partial charge in [-0.2, -0.15) is 0 Å². The molecule has 0 fully saturated rings. The molecule has 1 atom stereocenters. The quantitative estimate of drug-likeness (QED) is 0.885. The van der Waals surface area contributed by atoms with Crippen molar-refractivity contribution in [2.75, 3.05) is 13.6 Å². The standard InChI is InChI=1S/C18H27N3/c1-13(2)17(19)9-10-21(4)12-15-11-14(3)20-18-8-6-5-7-16(15)18/h5-8,11,13,17H,9-10,12,19H2,1-4H3. The topological polar surface area (TPSA) is 42.1 Å². The molecule has 1 unspecified atom stereocenters. The smallest absolute Gasteiger partial charge is 0.0708 e. The minimum absolute atomic E-state index is 0.281. The molecule has 0 aliphatic carbocycles. The summed E-state index contributed by atoms with van der Waals surface area (Å²) in [7, 11) is 2.16. The first kappa shape index (κ1) is 15.9. The van der Waals surface area contributed by atoms with Crippen LogP contribution < -0.4 is 5.73 Å². The minimum atomic E-state index is 0.281. The SMILES string of the molecule is Cc1cc(CN(C)CCC(N)C(C)C)c2ccccc2n1. The van der Waals surface area contributed by atoms with E-state index >= 15 is 0 Å². The van der Waals surface area contributed by atoms with Crippen LogP contribution in [-0.2, 0) is 6.54 Å². The van der Waals surface area contributed by atoms with Crippen LogP contribution in [0, 0.1) is 12.8 Å². The highest BCUT2D eigenvalue weighted by atomic mass is 15.1. The van der Waals surface area contributed by atoms with E-state index in [1.165, 1.54) is 10.9 Å². The summed E-state index contributed by atoms with van der Waals surface area (Å²) in [4.78, 5) is 6.95. The molecule has 1 aromatic heterocycles. The first-order chi connectivity index (χ1) is 9.97. The van der Waals surface area contributed by atoms with Crippen molar-refractivity contribution < 1.29 is 0 Å². The maximum absolute atomic E-state index is 6.14. The van der Waals surface area contributed by atoms with Crippen LogP contribution in [0.15, 0.2) is 30.3 Å². The molecule has 21 heavy (non-hydrogen) atoms. The van der Waals surface area contributed by atoms with Gasteiger partial charge < -0.3 is 10.6 Å². The molecule has 2 N–H and O–H groups in total. The van der Waals surface area contributed by atoms with Gasteiger partial charge in [-0.3, -0.25) is 4.98 Å². The van der Waals surface area contributed by atoms with Crippen molar-refractivity contribution >= 4 is 10.9 Å². The number of aromatic nitrogens is 1. The number of benzene rings is 1. The summed E-state index contributed by atoms with van der Waals surface area (Å²) in [5.41, 5.74) is 9.64.